The van der Waals surface area contributed by atoms with Crippen LogP contribution in [-0.2, 0) is 21.8 Å². The summed E-state index contributed by atoms with van der Waals surface area (Å²) in [5, 5.41) is 3.35. The Kier molecular flexibility index (Phi) is 4.39. The van der Waals surface area contributed by atoms with Crippen LogP contribution in [0.4, 0.5) is 5.69 Å². The van der Waals surface area contributed by atoms with Gasteiger partial charge in [-0.2, -0.15) is 0 Å². The van der Waals surface area contributed by atoms with Crippen LogP contribution < -0.4 is 5.32 Å². The zero-order valence-corrected chi connectivity index (χ0v) is 14.3. The highest BCUT2D eigenvalue weighted by Crippen LogP contribution is 2.29. The lowest BCUT2D eigenvalue weighted by Crippen LogP contribution is -2.07. The summed E-state index contributed by atoms with van der Waals surface area (Å²) in [6.07, 6.45) is 2.71. The number of anilines is 1. The van der Waals surface area contributed by atoms with Gasteiger partial charge in [0.2, 0.25) is 0 Å². The Labute approximate surface area is 130 Å². The minimum absolute atomic E-state index is 0.0965. The summed E-state index contributed by atoms with van der Waals surface area (Å²) in [6.45, 7) is 7.30. The van der Waals surface area contributed by atoms with E-state index in [2.05, 4.69) is 43.2 Å². The van der Waals surface area contributed by atoms with E-state index in [0.717, 1.165) is 11.9 Å². The van der Waals surface area contributed by atoms with Crippen LogP contribution in [-0.4, -0.2) is 19.7 Å². The molecule has 2 rings (SSSR count). The minimum atomic E-state index is -3.24. The zero-order valence-electron chi connectivity index (χ0n) is 12.7. The number of hydrogen-bond donors (Lipinski definition) is 1. The van der Waals surface area contributed by atoms with Gasteiger partial charge in [0.1, 0.15) is 0 Å². The van der Waals surface area contributed by atoms with Crippen molar-refractivity contribution in [3.8, 4) is 0 Å². The van der Waals surface area contributed by atoms with Crippen molar-refractivity contribution < 1.29 is 8.42 Å². The number of rotatable bonds is 4. The van der Waals surface area contributed by atoms with E-state index in [4.69, 9.17) is 0 Å². The summed E-state index contributed by atoms with van der Waals surface area (Å²) in [4.78, 5) is 6.55. The van der Waals surface area contributed by atoms with Gasteiger partial charge in [0, 0.05) is 22.6 Å². The maximum absolute atomic E-state index is 11.3. The second kappa shape index (κ2) is 5.77. The highest BCUT2D eigenvalue weighted by Gasteiger charge is 2.15. The van der Waals surface area contributed by atoms with Crippen molar-refractivity contribution in [2.24, 2.45) is 0 Å². The molecule has 6 heteroatoms. The molecule has 0 aliphatic heterocycles. The minimum Gasteiger partial charge on any atom is -0.379 e. The maximum atomic E-state index is 11.3. The number of pyridine rings is 1. The number of aromatic nitrogens is 1. The molecule has 0 aliphatic rings. The molecule has 0 fully saturated rings. The number of sulfone groups is 1. The molecule has 0 spiro atoms. The molecule has 21 heavy (non-hydrogen) atoms. The molecule has 0 atom stereocenters. The van der Waals surface area contributed by atoms with E-state index in [-0.39, 0.29) is 10.4 Å². The van der Waals surface area contributed by atoms with Crippen LogP contribution in [0.15, 0.2) is 35.5 Å². The quantitative estimate of drug-likeness (QED) is 0.936. The highest BCUT2D eigenvalue weighted by molar-refractivity contribution is 7.90. The van der Waals surface area contributed by atoms with E-state index >= 15 is 0 Å². The Bertz CT molecular complexity index is 711. The summed E-state index contributed by atoms with van der Waals surface area (Å²) < 4.78 is 22.7. The van der Waals surface area contributed by atoms with Gasteiger partial charge in [-0.1, -0.05) is 20.8 Å². The van der Waals surface area contributed by atoms with Gasteiger partial charge in [0.25, 0.3) is 0 Å². The molecule has 0 amide bonds. The SMILES string of the molecule is CC(C)(C)c1ccc(CNc2ccc(S(C)(=O)=O)nc2)s1. The normalized spacial score (nSPS) is 12.4. The van der Waals surface area contributed by atoms with Gasteiger partial charge in [0.15, 0.2) is 14.9 Å². The molecule has 2 aromatic rings. The number of thiophene rings is 1. The molecule has 0 saturated carbocycles. The monoisotopic (exact) mass is 324 g/mol. The predicted molar refractivity (Wildman–Crippen MR) is 87.7 cm³/mol. The first kappa shape index (κ1) is 16.0. The lowest BCUT2D eigenvalue weighted by Gasteiger charge is -2.15. The first-order chi connectivity index (χ1) is 9.66. The largest absolute Gasteiger partial charge is 0.379 e. The topological polar surface area (TPSA) is 59.1 Å². The molecule has 4 nitrogen and oxygen atoms in total. The van der Waals surface area contributed by atoms with E-state index in [0.29, 0.717) is 6.54 Å². The zero-order chi connectivity index (χ0) is 15.7. The summed E-state index contributed by atoms with van der Waals surface area (Å²) in [5.74, 6) is 0. The Morgan fingerprint density at radius 3 is 2.38 bits per heavy atom. The van der Waals surface area contributed by atoms with Gasteiger partial charge in [-0.15, -0.1) is 11.3 Å². The first-order valence-corrected chi connectivity index (χ1v) is 9.36. The molecule has 1 N–H and O–H groups in total. The Morgan fingerprint density at radius 1 is 1.19 bits per heavy atom. The van der Waals surface area contributed by atoms with Crippen LogP contribution in [0.3, 0.4) is 0 Å². The Hall–Kier alpha value is -1.40. The molecular weight excluding hydrogens is 304 g/mol. The summed E-state index contributed by atoms with van der Waals surface area (Å²) in [7, 11) is -3.24. The molecule has 0 unspecified atom stereocenters. The smallest absolute Gasteiger partial charge is 0.192 e. The predicted octanol–water partition coefficient (Wildman–Crippen LogP) is 3.46. The fourth-order valence-electron chi connectivity index (χ4n) is 1.77. The number of nitrogens with one attached hydrogen (secondary N) is 1. The van der Waals surface area contributed by atoms with E-state index < -0.39 is 9.84 Å². The van der Waals surface area contributed by atoms with Crippen LogP contribution in [0.2, 0.25) is 0 Å². The molecule has 0 saturated heterocycles. The van der Waals surface area contributed by atoms with Crippen molar-refractivity contribution in [3.05, 3.63) is 40.2 Å². The van der Waals surface area contributed by atoms with Crippen molar-refractivity contribution in [1.29, 1.82) is 0 Å². The molecule has 0 aliphatic carbocycles. The van der Waals surface area contributed by atoms with E-state index in [1.807, 2.05) is 0 Å². The average Bonchev–Trinajstić information content (AvgIpc) is 2.84. The van der Waals surface area contributed by atoms with Gasteiger partial charge in [0.05, 0.1) is 11.9 Å². The molecule has 2 heterocycles. The average molecular weight is 324 g/mol. The standard InChI is InChI=1S/C15H20N2O2S2/c1-15(2,3)13-7-6-12(20-13)10-16-11-5-8-14(17-9-11)21(4,18)19/h5-9,16H,10H2,1-4H3. The van der Waals surface area contributed by atoms with Crippen molar-refractivity contribution in [2.75, 3.05) is 11.6 Å². The van der Waals surface area contributed by atoms with Crippen molar-refractivity contribution in [1.82, 2.24) is 4.98 Å². The van der Waals surface area contributed by atoms with Crippen LogP contribution in [0.5, 0.6) is 0 Å². The number of nitrogens with zero attached hydrogens (tertiary/aromatic N) is 1. The molecular formula is C15H20N2O2S2. The lowest BCUT2D eigenvalue weighted by atomic mass is 9.95. The van der Waals surface area contributed by atoms with Crippen LogP contribution in [0.1, 0.15) is 30.5 Å². The summed E-state index contributed by atoms with van der Waals surface area (Å²) in [6, 6.07) is 7.54. The first-order valence-electron chi connectivity index (χ1n) is 6.65. The van der Waals surface area contributed by atoms with Crippen LogP contribution in [0.25, 0.3) is 0 Å². The van der Waals surface area contributed by atoms with Crippen LogP contribution in [0, 0.1) is 0 Å². The van der Waals surface area contributed by atoms with Crippen molar-refractivity contribution >= 4 is 26.9 Å². The van der Waals surface area contributed by atoms with Crippen molar-refractivity contribution in [3.63, 3.8) is 0 Å². The third-order valence-corrected chi connectivity index (χ3v) is 5.50. The summed E-state index contributed by atoms with van der Waals surface area (Å²) >= 11 is 1.79. The van der Waals surface area contributed by atoms with Crippen LogP contribution >= 0.6 is 11.3 Å². The fraction of sp³-hybridized carbons (Fsp3) is 0.400. The third-order valence-electron chi connectivity index (χ3n) is 2.98. The van der Waals surface area contributed by atoms with Gasteiger partial charge in [-0.25, -0.2) is 13.4 Å². The third kappa shape index (κ3) is 4.28. The molecule has 0 radical (unpaired) electrons. The Balaban J connectivity index is 2.02. The van der Waals surface area contributed by atoms with E-state index in [1.54, 1.807) is 23.6 Å². The van der Waals surface area contributed by atoms with Gasteiger partial charge >= 0.3 is 0 Å². The molecule has 114 valence electrons. The lowest BCUT2D eigenvalue weighted by molar-refractivity contribution is 0.598. The van der Waals surface area contributed by atoms with E-state index in [1.165, 1.54) is 15.8 Å². The van der Waals surface area contributed by atoms with E-state index in [9.17, 15) is 8.42 Å². The van der Waals surface area contributed by atoms with Crippen molar-refractivity contribution in [2.45, 2.75) is 37.8 Å². The maximum Gasteiger partial charge on any atom is 0.192 e. The van der Waals surface area contributed by atoms with Gasteiger partial charge in [-0.3, -0.25) is 0 Å². The highest BCUT2D eigenvalue weighted by atomic mass is 32.2. The summed E-state index contributed by atoms with van der Waals surface area (Å²) in [5.41, 5.74) is 0.981. The Morgan fingerprint density at radius 2 is 1.90 bits per heavy atom. The van der Waals surface area contributed by atoms with Gasteiger partial charge in [-0.05, 0) is 29.7 Å². The van der Waals surface area contributed by atoms with Gasteiger partial charge < -0.3 is 5.32 Å². The fourth-order valence-corrected chi connectivity index (χ4v) is 3.33. The number of hydrogen-bond acceptors (Lipinski definition) is 5. The molecule has 2 aromatic heterocycles. The second-order valence-electron chi connectivity index (χ2n) is 6.03. The second-order valence-corrected chi connectivity index (χ2v) is 9.16. The molecule has 0 bridgehead atoms. The molecule has 0 aromatic carbocycles.